The van der Waals surface area contributed by atoms with Crippen LogP contribution in [0.1, 0.15) is 10.5 Å². The van der Waals surface area contributed by atoms with Crippen molar-refractivity contribution in [1.82, 2.24) is 20.5 Å². The lowest BCUT2D eigenvalue weighted by Gasteiger charge is -2.13. The summed E-state index contributed by atoms with van der Waals surface area (Å²) in [6.45, 7) is 0.127. The number of hydrogen-bond acceptors (Lipinski definition) is 6. The van der Waals surface area contributed by atoms with Gasteiger partial charge in [-0.25, -0.2) is 4.79 Å². The fourth-order valence-corrected chi connectivity index (χ4v) is 3.20. The Bertz CT molecular complexity index is 1360. The van der Waals surface area contributed by atoms with Crippen molar-refractivity contribution in [3.8, 4) is 16.9 Å². The van der Waals surface area contributed by atoms with Crippen molar-refractivity contribution >= 4 is 38.7 Å². The van der Waals surface area contributed by atoms with Gasteiger partial charge in [-0.2, -0.15) is 18.3 Å². The van der Waals surface area contributed by atoms with E-state index in [1.54, 1.807) is 30.6 Å². The van der Waals surface area contributed by atoms with E-state index in [-0.39, 0.29) is 24.8 Å². The van der Waals surface area contributed by atoms with Crippen LogP contribution in [0, 0.1) is 0 Å². The number of aliphatic hydroxyl groups excluding tert-OH is 1. The lowest BCUT2D eigenvalue weighted by Crippen LogP contribution is -2.35. The number of carboxylic acids is 1. The van der Waals surface area contributed by atoms with Crippen molar-refractivity contribution in [2.45, 2.75) is 12.3 Å². The fraction of sp³-hybridized carbons (Fsp3) is 0.167. The Balaban J connectivity index is 0.000000479. The van der Waals surface area contributed by atoms with Crippen molar-refractivity contribution in [1.29, 1.82) is 0 Å². The molecule has 4 N–H and O–H groups in total. The van der Waals surface area contributed by atoms with E-state index in [4.69, 9.17) is 14.6 Å². The highest BCUT2D eigenvalue weighted by Crippen LogP contribution is 2.23. The fourth-order valence-electron chi connectivity index (χ4n) is 2.94. The molecule has 1 unspecified atom stereocenters. The van der Waals surface area contributed by atoms with Crippen molar-refractivity contribution in [2.24, 2.45) is 0 Å². The Morgan fingerprint density at radius 3 is 2.43 bits per heavy atom. The maximum absolute atomic E-state index is 12.5. The highest BCUT2D eigenvalue weighted by molar-refractivity contribution is 9.10. The Hall–Kier alpha value is -3.97. The predicted octanol–water partition coefficient (Wildman–Crippen LogP) is 4.19. The molecule has 194 valence electrons. The summed E-state index contributed by atoms with van der Waals surface area (Å²) in [7, 11) is 0. The van der Waals surface area contributed by atoms with Crippen molar-refractivity contribution < 1.29 is 37.7 Å². The van der Waals surface area contributed by atoms with Crippen molar-refractivity contribution in [2.75, 3.05) is 13.2 Å². The van der Waals surface area contributed by atoms with E-state index >= 15 is 0 Å². The van der Waals surface area contributed by atoms with Crippen LogP contribution in [0.2, 0.25) is 0 Å². The molecule has 4 rings (SSSR count). The zero-order chi connectivity index (χ0) is 27.0. The largest absolute Gasteiger partial charge is 0.491 e. The van der Waals surface area contributed by atoms with Gasteiger partial charge in [0.2, 0.25) is 0 Å². The van der Waals surface area contributed by atoms with Gasteiger partial charge in [0.25, 0.3) is 5.91 Å². The third-order valence-corrected chi connectivity index (χ3v) is 5.29. The van der Waals surface area contributed by atoms with Gasteiger partial charge < -0.3 is 20.3 Å². The molecule has 1 amide bonds. The van der Waals surface area contributed by atoms with E-state index in [2.05, 4.69) is 36.4 Å². The summed E-state index contributed by atoms with van der Waals surface area (Å²) in [4.78, 5) is 25.5. The summed E-state index contributed by atoms with van der Waals surface area (Å²) in [6, 6.07) is 16.8. The number of nitrogens with zero attached hydrogens (tertiary/aromatic N) is 2. The normalized spacial score (nSPS) is 11.8. The van der Waals surface area contributed by atoms with E-state index in [9.17, 15) is 23.1 Å². The first kappa shape index (κ1) is 27.6. The summed E-state index contributed by atoms with van der Waals surface area (Å²) < 4.78 is 38.2. The van der Waals surface area contributed by atoms with E-state index in [0.29, 0.717) is 5.75 Å². The number of amides is 1. The second-order valence-corrected chi connectivity index (χ2v) is 8.45. The molecular weight excluding hydrogens is 561 g/mol. The predicted molar refractivity (Wildman–Crippen MR) is 131 cm³/mol. The number of H-pyrrole nitrogens is 1. The van der Waals surface area contributed by atoms with Crippen LogP contribution in [0.25, 0.3) is 22.0 Å². The van der Waals surface area contributed by atoms with Gasteiger partial charge in [-0.3, -0.25) is 14.9 Å². The Morgan fingerprint density at radius 2 is 1.76 bits per heavy atom. The number of aromatic amines is 1. The maximum atomic E-state index is 12.5. The first-order chi connectivity index (χ1) is 17.5. The van der Waals surface area contributed by atoms with Crippen molar-refractivity contribution in [3.63, 3.8) is 0 Å². The third-order valence-electron chi connectivity index (χ3n) is 4.76. The molecule has 2 aromatic heterocycles. The molecule has 13 heteroatoms. The molecule has 0 saturated heterocycles. The first-order valence-electron chi connectivity index (χ1n) is 10.6. The van der Waals surface area contributed by atoms with Gasteiger partial charge in [0.15, 0.2) is 0 Å². The maximum Gasteiger partial charge on any atom is 0.490 e. The van der Waals surface area contributed by atoms with Gasteiger partial charge in [0.1, 0.15) is 24.2 Å². The lowest BCUT2D eigenvalue weighted by molar-refractivity contribution is -0.192. The van der Waals surface area contributed by atoms with Crippen molar-refractivity contribution in [3.05, 3.63) is 77.2 Å². The Morgan fingerprint density at radius 1 is 1.08 bits per heavy atom. The molecule has 4 aromatic rings. The molecule has 0 radical (unpaired) electrons. The summed E-state index contributed by atoms with van der Waals surface area (Å²) in [5, 5.41) is 27.8. The second kappa shape index (κ2) is 12.3. The zero-order valence-corrected chi connectivity index (χ0v) is 20.5. The van der Waals surface area contributed by atoms with Gasteiger partial charge in [0, 0.05) is 22.6 Å². The molecule has 0 aliphatic carbocycles. The highest BCUT2D eigenvalue weighted by atomic mass is 79.9. The third kappa shape index (κ3) is 8.29. The zero-order valence-electron chi connectivity index (χ0n) is 18.9. The van der Waals surface area contributed by atoms with Crippen LogP contribution in [0.5, 0.6) is 5.75 Å². The molecular formula is C24H20BrF3N4O5. The number of fused-ring (bicyclic) bond motifs is 1. The number of alkyl halides is 3. The summed E-state index contributed by atoms with van der Waals surface area (Å²) in [5.74, 6) is -2.47. The van der Waals surface area contributed by atoms with Gasteiger partial charge >= 0.3 is 12.1 Å². The molecule has 0 fully saturated rings. The molecule has 2 aromatic carbocycles. The lowest BCUT2D eigenvalue weighted by atomic mass is 10.0. The number of hydrogen-bond donors (Lipinski definition) is 4. The van der Waals surface area contributed by atoms with Crippen LogP contribution < -0.4 is 10.1 Å². The van der Waals surface area contributed by atoms with Crippen LogP contribution in [0.3, 0.4) is 0 Å². The topological polar surface area (TPSA) is 137 Å². The summed E-state index contributed by atoms with van der Waals surface area (Å²) in [6.07, 6.45) is -2.58. The number of pyridine rings is 1. The van der Waals surface area contributed by atoms with E-state index in [1.807, 2.05) is 36.4 Å². The van der Waals surface area contributed by atoms with Gasteiger partial charge in [-0.05, 0) is 59.7 Å². The molecule has 2 heterocycles. The number of ether oxygens (including phenoxy) is 1. The van der Waals surface area contributed by atoms with E-state index in [1.165, 1.54) is 0 Å². The van der Waals surface area contributed by atoms with Crippen LogP contribution in [-0.4, -0.2) is 62.7 Å². The standard InChI is InChI=1S/C22H19BrN4O3.C2HF3O2/c23-17-2-4-19(5-3-17)30-13-18(28)12-25-22(29)21-10-15(7-8-24-21)14-1-6-20-16(9-14)11-26-27-20;3-2(4,5)1(6)7/h1-11,18,28H,12-13H2,(H,25,29)(H,26,27);(H,6,7). The monoisotopic (exact) mass is 580 g/mol. The number of aliphatic carboxylic acids is 1. The Labute approximate surface area is 216 Å². The smallest absolute Gasteiger partial charge is 0.490 e. The quantitative estimate of drug-likeness (QED) is 0.257. The minimum atomic E-state index is -5.08. The number of nitrogens with one attached hydrogen (secondary N) is 2. The molecule has 0 saturated carbocycles. The van der Waals surface area contributed by atoms with Gasteiger partial charge in [0.05, 0.1) is 11.7 Å². The molecule has 9 nitrogen and oxygen atoms in total. The number of carbonyl (C=O) groups excluding carboxylic acids is 1. The van der Waals surface area contributed by atoms with Crippen LogP contribution >= 0.6 is 15.9 Å². The van der Waals surface area contributed by atoms with Gasteiger partial charge in [-0.1, -0.05) is 22.0 Å². The number of benzene rings is 2. The SMILES string of the molecule is O=C(NCC(O)COc1ccc(Br)cc1)c1cc(-c2ccc3[nH]ncc3c2)ccn1.O=C(O)C(F)(F)F. The minimum absolute atomic E-state index is 0.0578. The highest BCUT2D eigenvalue weighted by Gasteiger charge is 2.38. The van der Waals surface area contributed by atoms with Crippen LogP contribution in [-0.2, 0) is 4.79 Å². The summed E-state index contributed by atoms with van der Waals surface area (Å²) in [5.41, 5.74) is 3.06. The molecule has 0 spiro atoms. The average molecular weight is 581 g/mol. The van der Waals surface area contributed by atoms with E-state index < -0.39 is 18.2 Å². The molecule has 0 aliphatic rings. The minimum Gasteiger partial charge on any atom is -0.491 e. The van der Waals surface area contributed by atoms with Crippen LogP contribution in [0.15, 0.2) is 71.5 Å². The second-order valence-electron chi connectivity index (χ2n) is 7.53. The van der Waals surface area contributed by atoms with Crippen LogP contribution in [0.4, 0.5) is 13.2 Å². The number of aliphatic hydroxyl groups is 1. The van der Waals surface area contributed by atoms with E-state index in [0.717, 1.165) is 26.5 Å². The number of rotatable bonds is 7. The number of halogens is 4. The number of carboxylic acid groups (broad SMARTS) is 1. The summed E-state index contributed by atoms with van der Waals surface area (Å²) >= 11 is 3.35. The van der Waals surface area contributed by atoms with Gasteiger partial charge in [-0.15, -0.1) is 0 Å². The number of carbonyl (C=O) groups is 2. The Kier molecular flexibility index (Phi) is 9.20. The number of aromatic nitrogens is 3. The molecule has 0 aliphatic heterocycles. The first-order valence-corrected chi connectivity index (χ1v) is 11.4. The molecule has 0 bridgehead atoms. The molecule has 1 atom stereocenters. The average Bonchev–Trinajstić information content (AvgIpc) is 3.35. The molecule has 37 heavy (non-hydrogen) atoms.